The van der Waals surface area contributed by atoms with Crippen molar-refractivity contribution in [1.29, 1.82) is 0 Å². The van der Waals surface area contributed by atoms with Crippen LogP contribution in [0.2, 0.25) is 10.0 Å². The van der Waals surface area contributed by atoms with Crippen molar-refractivity contribution in [2.45, 2.75) is 11.1 Å². The number of sulfone groups is 1. The fourth-order valence-electron chi connectivity index (χ4n) is 2.06. The van der Waals surface area contributed by atoms with Crippen molar-refractivity contribution in [3.8, 4) is 5.69 Å². The first-order valence-corrected chi connectivity index (χ1v) is 8.85. The monoisotopic (exact) mass is 416 g/mol. The molecule has 0 aliphatic heterocycles. The molecule has 2 aromatic rings. The van der Waals surface area contributed by atoms with Crippen LogP contribution in [0.5, 0.6) is 0 Å². The first kappa shape index (κ1) is 19.3. The Balaban J connectivity index is 2.81. The maximum absolute atomic E-state index is 12.8. The highest BCUT2D eigenvalue weighted by molar-refractivity contribution is 7.91. The highest BCUT2D eigenvalue weighted by Gasteiger charge is 2.33. The molecule has 1 aromatic carbocycles. The summed E-state index contributed by atoms with van der Waals surface area (Å²) in [5.41, 5.74) is 4.06. The summed E-state index contributed by atoms with van der Waals surface area (Å²) in [5, 5.41) is 14.2. The van der Waals surface area contributed by atoms with E-state index in [0.717, 1.165) is 10.9 Å². The van der Waals surface area contributed by atoms with Gasteiger partial charge in [-0.25, -0.2) is 13.1 Å². The standard InChI is InChI=1S/C12H9Cl2F3N4O3S/c1-25(23,24)10-8(4-19-22)20-21(11(10)18)9-6(13)2-5(3-7(9)14)12(15,16)17/h2-4,22H,18H2,1H3. The van der Waals surface area contributed by atoms with E-state index in [1.54, 1.807) is 0 Å². The lowest BCUT2D eigenvalue weighted by Crippen LogP contribution is -2.09. The second-order valence-electron chi connectivity index (χ2n) is 4.81. The van der Waals surface area contributed by atoms with Gasteiger partial charge in [-0.2, -0.15) is 18.3 Å². The summed E-state index contributed by atoms with van der Waals surface area (Å²) in [6.07, 6.45) is -3.15. The highest BCUT2D eigenvalue weighted by atomic mass is 35.5. The molecule has 0 saturated heterocycles. The predicted molar refractivity (Wildman–Crippen MR) is 85.5 cm³/mol. The predicted octanol–water partition coefficient (Wildman–Crippen LogP) is 2.99. The Hall–Kier alpha value is -1.98. The number of aromatic nitrogens is 2. The normalized spacial score (nSPS) is 12.9. The van der Waals surface area contributed by atoms with Gasteiger partial charge in [0.2, 0.25) is 0 Å². The minimum absolute atomic E-state index is 0.253. The Morgan fingerprint density at radius 3 is 2.24 bits per heavy atom. The fourth-order valence-corrected chi connectivity index (χ4v) is 3.64. The summed E-state index contributed by atoms with van der Waals surface area (Å²) < 4.78 is 62.9. The molecular formula is C12H9Cl2F3N4O3S. The largest absolute Gasteiger partial charge is 0.416 e. The molecule has 0 bridgehead atoms. The van der Waals surface area contributed by atoms with Gasteiger partial charge in [0.25, 0.3) is 0 Å². The van der Waals surface area contributed by atoms with Crippen LogP contribution in [-0.4, -0.2) is 35.9 Å². The molecule has 0 radical (unpaired) electrons. The summed E-state index contributed by atoms with van der Waals surface area (Å²) in [5.74, 6) is -0.457. The van der Waals surface area contributed by atoms with Gasteiger partial charge in [0.05, 0.1) is 21.8 Å². The van der Waals surface area contributed by atoms with E-state index in [9.17, 15) is 21.6 Å². The van der Waals surface area contributed by atoms with Gasteiger partial charge in [0.1, 0.15) is 22.1 Å². The van der Waals surface area contributed by atoms with E-state index >= 15 is 0 Å². The van der Waals surface area contributed by atoms with Crippen molar-refractivity contribution in [2.24, 2.45) is 5.16 Å². The molecule has 13 heteroatoms. The molecule has 136 valence electrons. The first-order chi connectivity index (χ1) is 11.4. The molecule has 0 fully saturated rings. The summed E-state index contributed by atoms with van der Waals surface area (Å²) in [6, 6.07) is 1.20. The molecule has 7 nitrogen and oxygen atoms in total. The molecule has 1 heterocycles. The zero-order chi connectivity index (χ0) is 19.2. The van der Waals surface area contributed by atoms with Gasteiger partial charge >= 0.3 is 6.18 Å². The van der Waals surface area contributed by atoms with Gasteiger partial charge in [0.15, 0.2) is 9.84 Å². The molecule has 0 amide bonds. The zero-order valence-electron chi connectivity index (χ0n) is 12.2. The number of rotatable bonds is 3. The lowest BCUT2D eigenvalue weighted by molar-refractivity contribution is -0.137. The van der Waals surface area contributed by atoms with E-state index in [2.05, 4.69) is 10.3 Å². The van der Waals surface area contributed by atoms with Crippen molar-refractivity contribution < 1.29 is 26.8 Å². The Bertz CT molecular complexity index is 948. The molecule has 25 heavy (non-hydrogen) atoms. The van der Waals surface area contributed by atoms with Crippen molar-refractivity contribution in [3.05, 3.63) is 33.4 Å². The molecule has 0 saturated carbocycles. The molecule has 0 aliphatic rings. The number of alkyl halides is 3. The molecule has 0 aliphatic carbocycles. The third kappa shape index (κ3) is 3.67. The van der Waals surface area contributed by atoms with Crippen molar-refractivity contribution in [2.75, 3.05) is 12.0 Å². The molecule has 1 aromatic heterocycles. The minimum Gasteiger partial charge on any atom is -0.411 e. The molecule has 0 atom stereocenters. The van der Waals surface area contributed by atoms with E-state index in [4.69, 9.17) is 34.1 Å². The number of hydrogen-bond acceptors (Lipinski definition) is 6. The number of hydrogen-bond donors (Lipinski definition) is 2. The van der Waals surface area contributed by atoms with Crippen LogP contribution >= 0.6 is 23.2 Å². The Morgan fingerprint density at radius 1 is 1.32 bits per heavy atom. The summed E-state index contributed by atoms with van der Waals surface area (Å²) in [4.78, 5) is -0.489. The van der Waals surface area contributed by atoms with E-state index < -0.39 is 42.3 Å². The van der Waals surface area contributed by atoms with Crippen molar-refractivity contribution >= 4 is 45.1 Å². The van der Waals surface area contributed by atoms with Crippen LogP contribution in [0.4, 0.5) is 19.0 Å². The van der Waals surface area contributed by atoms with E-state index in [0.29, 0.717) is 18.3 Å². The SMILES string of the molecule is CS(=O)(=O)c1c(C=NO)nn(-c2c(Cl)cc(C(F)(F)F)cc2Cl)c1N. The Kier molecular flexibility index (Phi) is 4.94. The molecule has 2 rings (SSSR count). The third-order valence-electron chi connectivity index (χ3n) is 3.01. The van der Waals surface area contributed by atoms with Gasteiger partial charge in [0, 0.05) is 6.26 Å². The number of nitrogens with two attached hydrogens (primary N) is 1. The molecule has 3 N–H and O–H groups in total. The molecule has 0 spiro atoms. The fraction of sp³-hybridized carbons (Fsp3) is 0.167. The van der Waals surface area contributed by atoms with Crippen LogP contribution in [0.1, 0.15) is 11.3 Å². The van der Waals surface area contributed by atoms with Gasteiger partial charge in [-0.15, -0.1) is 0 Å². The van der Waals surface area contributed by atoms with Crippen molar-refractivity contribution in [1.82, 2.24) is 9.78 Å². The lowest BCUT2D eigenvalue weighted by Gasteiger charge is -2.13. The number of oxime groups is 1. The number of nitrogen functional groups attached to an aromatic ring is 1. The Morgan fingerprint density at radius 2 is 1.84 bits per heavy atom. The number of halogens is 5. The van der Waals surface area contributed by atoms with E-state index in [1.165, 1.54) is 0 Å². The summed E-state index contributed by atoms with van der Waals surface area (Å²) in [6.45, 7) is 0. The van der Waals surface area contributed by atoms with Crippen LogP contribution in [0.25, 0.3) is 5.69 Å². The summed E-state index contributed by atoms with van der Waals surface area (Å²) in [7, 11) is -3.91. The zero-order valence-corrected chi connectivity index (χ0v) is 14.5. The first-order valence-electron chi connectivity index (χ1n) is 6.20. The number of benzene rings is 1. The van der Waals surface area contributed by atoms with Crippen LogP contribution in [-0.2, 0) is 16.0 Å². The molecular weight excluding hydrogens is 408 g/mol. The second-order valence-corrected chi connectivity index (χ2v) is 7.58. The van der Waals surface area contributed by atoms with Gasteiger partial charge < -0.3 is 10.9 Å². The quantitative estimate of drug-likeness (QED) is 0.453. The minimum atomic E-state index is -4.69. The van der Waals surface area contributed by atoms with Gasteiger partial charge in [-0.05, 0) is 12.1 Å². The second kappa shape index (κ2) is 6.39. The average molecular weight is 417 g/mol. The average Bonchev–Trinajstić information content (AvgIpc) is 2.74. The number of nitrogens with zero attached hydrogens (tertiary/aromatic N) is 3. The van der Waals surface area contributed by atoms with E-state index in [1.807, 2.05) is 0 Å². The van der Waals surface area contributed by atoms with Gasteiger partial charge in [-0.3, -0.25) is 0 Å². The maximum atomic E-state index is 12.8. The van der Waals surface area contributed by atoms with E-state index in [-0.39, 0.29) is 11.4 Å². The van der Waals surface area contributed by atoms with Gasteiger partial charge in [-0.1, -0.05) is 28.4 Å². The Labute approximate surface area is 149 Å². The van der Waals surface area contributed by atoms with Crippen LogP contribution < -0.4 is 5.73 Å². The third-order valence-corrected chi connectivity index (χ3v) is 4.74. The number of anilines is 1. The van der Waals surface area contributed by atoms with Crippen LogP contribution in [0, 0.1) is 0 Å². The lowest BCUT2D eigenvalue weighted by atomic mass is 10.2. The van der Waals surface area contributed by atoms with Crippen molar-refractivity contribution in [3.63, 3.8) is 0 Å². The summed E-state index contributed by atoms with van der Waals surface area (Å²) >= 11 is 11.7. The highest BCUT2D eigenvalue weighted by Crippen LogP contribution is 2.39. The van der Waals surface area contributed by atoms with Crippen LogP contribution in [0.3, 0.4) is 0 Å². The topological polar surface area (TPSA) is 111 Å². The molecule has 0 unspecified atom stereocenters. The van der Waals surface area contributed by atoms with Crippen LogP contribution in [0.15, 0.2) is 22.2 Å². The smallest absolute Gasteiger partial charge is 0.411 e. The maximum Gasteiger partial charge on any atom is 0.416 e.